The number of aliphatic hydroxyl groups is 2. The quantitative estimate of drug-likeness (QED) is 0.505. The number of aliphatic hydroxyl groups excluding tert-OH is 2. The molecule has 2 N–H and O–H groups in total. The lowest BCUT2D eigenvalue weighted by Gasteiger charge is -2.20. The molecule has 0 aromatic heterocycles. The first-order chi connectivity index (χ1) is 8.49. The van der Waals surface area contributed by atoms with Gasteiger partial charge in [0.05, 0.1) is 0 Å². The molecule has 0 aromatic carbocycles. The van der Waals surface area contributed by atoms with Crippen molar-refractivity contribution in [1.29, 1.82) is 0 Å². The molecule has 4 unspecified atom stereocenters. The van der Waals surface area contributed by atoms with E-state index >= 15 is 0 Å². The van der Waals surface area contributed by atoms with Crippen molar-refractivity contribution in [2.24, 2.45) is 0 Å². The van der Waals surface area contributed by atoms with Crippen LogP contribution in [0, 0.1) is 0 Å². The van der Waals surface area contributed by atoms with E-state index in [4.69, 9.17) is 9.47 Å². The molecule has 0 saturated carbocycles. The minimum Gasteiger partial charge on any atom is -0.424 e. The average Bonchev–Trinajstić information content (AvgIpc) is 2.40. The third kappa shape index (κ3) is 4.99. The summed E-state index contributed by atoms with van der Waals surface area (Å²) in [5.74, 6) is 0. The van der Waals surface area contributed by atoms with Gasteiger partial charge in [0.15, 0.2) is 12.2 Å². The van der Waals surface area contributed by atoms with E-state index in [1.54, 1.807) is 0 Å². The third-order valence-electron chi connectivity index (χ3n) is 2.09. The van der Waals surface area contributed by atoms with Crippen molar-refractivity contribution in [2.45, 2.75) is 24.4 Å². The molecule has 0 aliphatic heterocycles. The molecule has 0 aliphatic rings. The number of rotatable bonds is 8. The highest BCUT2D eigenvalue weighted by Gasteiger charge is 2.23. The zero-order valence-corrected chi connectivity index (χ0v) is 10.1. The Kier molecular flexibility index (Phi) is 7.42. The summed E-state index contributed by atoms with van der Waals surface area (Å²) in [5, 5.41) is 18.8. The number of carbonyl (C=O) groups excluding carboxylic acids is 1. The Morgan fingerprint density at radius 3 is 1.39 bits per heavy atom. The number of carbonyl (C=O) groups is 1. The van der Waals surface area contributed by atoms with Crippen molar-refractivity contribution in [1.82, 2.24) is 0 Å². The third-order valence-corrected chi connectivity index (χ3v) is 2.09. The summed E-state index contributed by atoms with van der Waals surface area (Å²) in [4.78, 5) is 11.4. The Balaban J connectivity index is 4.47. The summed E-state index contributed by atoms with van der Waals surface area (Å²) in [5.41, 5.74) is 0. The van der Waals surface area contributed by atoms with Crippen LogP contribution in [-0.4, -0.2) is 40.8 Å². The monoisotopic (exact) mass is 254 g/mol. The van der Waals surface area contributed by atoms with Gasteiger partial charge in [0.1, 0.15) is 12.2 Å². The molecular formula is C13H18O5. The standard InChI is InChI=1S/C13H18O5/c1-5-9(14)11(7-3)17-13(16)18-12(8-4)10(15)6-2/h5-12,14-15H,1-4H2. The molecule has 0 bridgehead atoms. The van der Waals surface area contributed by atoms with Gasteiger partial charge in [-0.1, -0.05) is 25.3 Å². The molecule has 0 heterocycles. The molecule has 4 atom stereocenters. The summed E-state index contributed by atoms with van der Waals surface area (Å²) in [6.07, 6.45) is -0.301. The summed E-state index contributed by atoms with van der Waals surface area (Å²) in [6.45, 7) is 13.5. The van der Waals surface area contributed by atoms with E-state index in [9.17, 15) is 15.0 Å². The normalized spacial score (nSPS) is 16.6. The van der Waals surface area contributed by atoms with Crippen LogP contribution in [0.3, 0.4) is 0 Å². The van der Waals surface area contributed by atoms with E-state index in [2.05, 4.69) is 26.3 Å². The molecule has 5 nitrogen and oxygen atoms in total. The Labute approximate surface area is 106 Å². The van der Waals surface area contributed by atoms with Gasteiger partial charge in [-0.2, -0.15) is 0 Å². The van der Waals surface area contributed by atoms with E-state index < -0.39 is 30.6 Å². The van der Waals surface area contributed by atoms with Crippen molar-refractivity contribution >= 4 is 6.16 Å². The van der Waals surface area contributed by atoms with Crippen molar-refractivity contribution < 1.29 is 24.5 Å². The van der Waals surface area contributed by atoms with Gasteiger partial charge in [-0.15, -0.1) is 13.2 Å². The lowest BCUT2D eigenvalue weighted by molar-refractivity contribution is -0.0271. The smallest absolute Gasteiger partial charge is 0.424 e. The van der Waals surface area contributed by atoms with Gasteiger partial charge in [0.25, 0.3) is 0 Å². The molecule has 0 spiro atoms. The second-order valence-corrected chi connectivity index (χ2v) is 3.34. The maximum atomic E-state index is 11.4. The van der Waals surface area contributed by atoms with Crippen molar-refractivity contribution in [2.75, 3.05) is 0 Å². The van der Waals surface area contributed by atoms with Crippen molar-refractivity contribution in [3.63, 3.8) is 0 Å². The zero-order valence-electron chi connectivity index (χ0n) is 10.1. The lowest BCUT2D eigenvalue weighted by Crippen LogP contribution is -2.32. The van der Waals surface area contributed by atoms with E-state index in [1.807, 2.05) is 0 Å². The van der Waals surface area contributed by atoms with E-state index in [0.29, 0.717) is 0 Å². The molecule has 0 amide bonds. The maximum absolute atomic E-state index is 11.4. The van der Waals surface area contributed by atoms with Gasteiger partial charge in [-0.05, 0) is 12.2 Å². The highest BCUT2D eigenvalue weighted by Crippen LogP contribution is 2.08. The van der Waals surface area contributed by atoms with Crippen molar-refractivity contribution in [3.8, 4) is 0 Å². The summed E-state index contributed by atoms with van der Waals surface area (Å²) in [6, 6.07) is 0. The van der Waals surface area contributed by atoms with E-state index in [0.717, 1.165) is 0 Å². The molecular weight excluding hydrogens is 236 g/mol. The molecule has 0 radical (unpaired) electrons. The minimum absolute atomic E-state index is 0.971. The molecule has 5 heteroatoms. The fraction of sp³-hybridized carbons (Fsp3) is 0.308. The van der Waals surface area contributed by atoms with Gasteiger partial charge in [-0.3, -0.25) is 0 Å². The number of hydrogen-bond acceptors (Lipinski definition) is 5. The Bertz CT molecular complexity index is 293. The molecule has 0 rings (SSSR count). The first-order valence-corrected chi connectivity index (χ1v) is 5.23. The van der Waals surface area contributed by atoms with E-state index in [-0.39, 0.29) is 0 Å². The predicted molar refractivity (Wildman–Crippen MR) is 67.9 cm³/mol. The number of hydrogen-bond donors (Lipinski definition) is 2. The lowest BCUT2D eigenvalue weighted by atomic mass is 10.2. The molecule has 0 aromatic rings. The van der Waals surface area contributed by atoms with Crippen LogP contribution in [0.25, 0.3) is 0 Å². The van der Waals surface area contributed by atoms with Crippen LogP contribution in [-0.2, 0) is 9.47 Å². The van der Waals surface area contributed by atoms with Gasteiger partial charge in [0.2, 0.25) is 0 Å². The van der Waals surface area contributed by atoms with Crippen LogP contribution in [0.2, 0.25) is 0 Å². The Morgan fingerprint density at radius 2 is 1.17 bits per heavy atom. The van der Waals surface area contributed by atoms with Gasteiger partial charge < -0.3 is 19.7 Å². The van der Waals surface area contributed by atoms with Gasteiger partial charge in [0, 0.05) is 0 Å². The van der Waals surface area contributed by atoms with Crippen LogP contribution >= 0.6 is 0 Å². The zero-order chi connectivity index (χ0) is 14.1. The van der Waals surface area contributed by atoms with Gasteiger partial charge in [-0.25, -0.2) is 4.79 Å². The first kappa shape index (κ1) is 16.1. The molecule has 0 fully saturated rings. The average molecular weight is 254 g/mol. The first-order valence-electron chi connectivity index (χ1n) is 5.23. The van der Waals surface area contributed by atoms with Crippen LogP contribution in [0.15, 0.2) is 50.6 Å². The van der Waals surface area contributed by atoms with Crippen LogP contribution in [0.5, 0.6) is 0 Å². The Hall–Kier alpha value is -1.85. The highest BCUT2D eigenvalue weighted by molar-refractivity contribution is 5.61. The molecule has 18 heavy (non-hydrogen) atoms. The largest absolute Gasteiger partial charge is 0.509 e. The highest BCUT2D eigenvalue weighted by atomic mass is 16.7. The summed E-state index contributed by atoms with van der Waals surface area (Å²) >= 11 is 0. The SMILES string of the molecule is C=CC(O)C(C=C)OC(=O)OC(C=C)C(O)C=C. The fourth-order valence-electron chi connectivity index (χ4n) is 1.03. The molecule has 0 saturated heterocycles. The predicted octanol–water partition coefficient (Wildman–Crippen LogP) is 1.34. The van der Waals surface area contributed by atoms with Crippen LogP contribution in [0.4, 0.5) is 4.79 Å². The molecule has 100 valence electrons. The topological polar surface area (TPSA) is 76.0 Å². The van der Waals surface area contributed by atoms with Crippen LogP contribution < -0.4 is 0 Å². The summed E-state index contributed by atoms with van der Waals surface area (Å²) < 4.78 is 9.57. The van der Waals surface area contributed by atoms with Gasteiger partial charge >= 0.3 is 6.16 Å². The second kappa shape index (κ2) is 8.27. The molecule has 0 aliphatic carbocycles. The minimum atomic E-state index is -1.08. The van der Waals surface area contributed by atoms with Crippen molar-refractivity contribution in [3.05, 3.63) is 50.6 Å². The summed E-state index contributed by atoms with van der Waals surface area (Å²) in [7, 11) is 0. The number of ether oxygens (including phenoxy) is 2. The Morgan fingerprint density at radius 1 is 0.833 bits per heavy atom. The maximum Gasteiger partial charge on any atom is 0.509 e. The van der Waals surface area contributed by atoms with Crippen LogP contribution in [0.1, 0.15) is 0 Å². The van der Waals surface area contributed by atoms with E-state index in [1.165, 1.54) is 24.3 Å². The second-order valence-electron chi connectivity index (χ2n) is 3.34. The fourth-order valence-corrected chi connectivity index (χ4v) is 1.03.